The zero-order valence-electron chi connectivity index (χ0n) is 18.3. The van der Waals surface area contributed by atoms with Crippen LogP contribution in [0.2, 0.25) is 0 Å². The molecule has 0 fully saturated rings. The van der Waals surface area contributed by atoms with Gasteiger partial charge in [-0.15, -0.1) is 22.0 Å². The van der Waals surface area contributed by atoms with Gasteiger partial charge in [0.2, 0.25) is 0 Å². The number of benzene rings is 3. The van der Waals surface area contributed by atoms with Crippen LogP contribution in [0.4, 0.5) is 0 Å². The number of carbonyl (C=O) groups excluding carboxylic acids is 1. The first-order valence-electron chi connectivity index (χ1n) is 10.3. The topological polar surface area (TPSA) is 72.2 Å². The lowest BCUT2D eigenvalue weighted by Crippen LogP contribution is -2.20. The molecule has 0 bridgehead atoms. The molecule has 1 heterocycles. The Morgan fingerprint density at radius 2 is 1.73 bits per heavy atom. The summed E-state index contributed by atoms with van der Waals surface area (Å²) in [6.07, 6.45) is 3.67. The largest absolute Gasteiger partial charge is 0.272 e. The maximum absolute atomic E-state index is 12.4. The molecule has 3 aromatic carbocycles. The fourth-order valence-corrected chi connectivity index (χ4v) is 4.25. The molecular formula is C25H23N5OS2. The number of aryl methyl sites for hydroxylation is 1. The Hall–Kier alpha value is -3.36. The Balaban J connectivity index is 1.47. The van der Waals surface area contributed by atoms with Gasteiger partial charge in [-0.3, -0.25) is 9.36 Å². The summed E-state index contributed by atoms with van der Waals surface area (Å²) in [4.78, 5) is 13.6. The van der Waals surface area contributed by atoms with E-state index in [1.165, 1.54) is 22.2 Å². The Morgan fingerprint density at radius 3 is 2.42 bits per heavy atom. The van der Waals surface area contributed by atoms with Crippen molar-refractivity contribution >= 4 is 35.6 Å². The molecule has 0 aliphatic carbocycles. The fourth-order valence-electron chi connectivity index (χ4n) is 3.10. The average Bonchev–Trinajstić information content (AvgIpc) is 3.28. The van der Waals surface area contributed by atoms with Gasteiger partial charge < -0.3 is 0 Å². The molecule has 1 aromatic heterocycles. The van der Waals surface area contributed by atoms with E-state index in [-0.39, 0.29) is 11.7 Å². The molecule has 0 atom stereocenters. The van der Waals surface area contributed by atoms with Gasteiger partial charge >= 0.3 is 0 Å². The van der Waals surface area contributed by atoms with E-state index in [4.69, 9.17) is 0 Å². The molecule has 8 heteroatoms. The first-order valence-corrected chi connectivity index (χ1v) is 12.5. The molecule has 4 aromatic rings. The highest BCUT2D eigenvalue weighted by Crippen LogP contribution is 2.28. The Labute approximate surface area is 201 Å². The zero-order chi connectivity index (χ0) is 23.0. The molecule has 0 aliphatic rings. The lowest BCUT2D eigenvalue weighted by molar-refractivity contribution is -0.118. The molecule has 0 saturated heterocycles. The summed E-state index contributed by atoms with van der Waals surface area (Å²) in [6, 6.07) is 26.0. The molecular weight excluding hydrogens is 450 g/mol. The molecule has 0 saturated carbocycles. The third-order valence-corrected chi connectivity index (χ3v) is 6.48. The third-order valence-electron chi connectivity index (χ3n) is 4.81. The highest BCUT2D eigenvalue weighted by Gasteiger charge is 2.17. The van der Waals surface area contributed by atoms with Gasteiger partial charge in [0.05, 0.1) is 12.0 Å². The molecule has 0 radical (unpaired) electrons. The first-order chi connectivity index (χ1) is 16.1. The van der Waals surface area contributed by atoms with Crippen LogP contribution in [-0.2, 0) is 4.79 Å². The van der Waals surface area contributed by atoms with Crippen LogP contribution >= 0.6 is 23.5 Å². The van der Waals surface area contributed by atoms with Crippen molar-refractivity contribution in [2.45, 2.75) is 17.0 Å². The summed E-state index contributed by atoms with van der Waals surface area (Å²) in [5, 5.41) is 13.5. The van der Waals surface area contributed by atoms with E-state index in [1.807, 2.05) is 96.6 Å². The normalized spacial score (nSPS) is 11.1. The van der Waals surface area contributed by atoms with Gasteiger partial charge in [0.15, 0.2) is 11.0 Å². The van der Waals surface area contributed by atoms with Gasteiger partial charge in [0.25, 0.3) is 5.91 Å². The highest BCUT2D eigenvalue weighted by molar-refractivity contribution is 7.99. The molecule has 4 rings (SSSR count). The van der Waals surface area contributed by atoms with E-state index >= 15 is 0 Å². The number of thioether (sulfide) groups is 2. The number of hydrazone groups is 1. The van der Waals surface area contributed by atoms with Gasteiger partial charge in [0.1, 0.15) is 0 Å². The van der Waals surface area contributed by atoms with Crippen molar-refractivity contribution in [3.8, 4) is 17.1 Å². The smallest absolute Gasteiger partial charge is 0.250 e. The van der Waals surface area contributed by atoms with Crippen LogP contribution in [0.15, 0.2) is 94.0 Å². The molecule has 0 spiro atoms. The van der Waals surface area contributed by atoms with Crippen molar-refractivity contribution in [2.24, 2.45) is 5.10 Å². The SMILES string of the molecule is CSc1ccc(C=NNC(=O)CSc2nnc(-c3ccccc3)n2-c2ccc(C)cc2)cc1. The summed E-state index contributed by atoms with van der Waals surface area (Å²) in [7, 11) is 0. The second-order valence-corrected chi connectivity index (χ2v) is 9.02. The molecule has 1 N–H and O–H groups in total. The van der Waals surface area contributed by atoms with E-state index in [2.05, 4.69) is 20.7 Å². The Kier molecular flexibility index (Phi) is 7.59. The average molecular weight is 474 g/mol. The van der Waals surface area contributed by atoms with Gasteiger partial charge in [-0.1, -0.05) is 71.9 Å². The van der Waals surface area contributed by atoms with Gasteiger partial charge in [-0.2, -0.15) is 5.10 Å². The summed E-state index contributed by atoms with van der Waals surface area (Å²) >= 11 is 3.00. The summed E-state index contributed by atoms with van der Waals surface area (Å²) in [6.45, 7) is 2.05. The highest BCUT2D eigenvalue weighted by atomic mass is 32.2. The van der Waals surface area contributed by atoms with Crippen LogP contribution in [0.3, 0.4) is 0 Å². The number of nitrogens with one attached hydrogen (secondary N) is 1. The summed E-state index contributed by atoms with van der Waals surface area (Å²) in [5.74, 6) is 0.687. The predicted octanol–water partition coefficient (Wildman–Crippen LogP) is 5.21. The van der Waals surface area contributed by atoms with Crippen LogP contribution in [0.5, 0.6) is 0 Å². The number of aromatic nitrogens is 3. The second kappa shape index (κ2) is 11.0. The number of carbonyl (C=O) groups is 1. The van der Waals surface area contributed by atoms with Crippen molar-refractivity contribution in [3.05, 3.63) is 90.0 Å². The lowest BCUT2D eigenvalue weighted by atomic mass is 10.2. The minimum atomic E-state index is -0.211. The van der Waals surface area contributed by atoms with Gasteiger partial charge in [-0.25, -0.2) is 5.43 Å². The van der Waals surface area contributed by atoms with Crippen LogP contribution in [0, 0.1) is 6.92 Å². The molecule has 33 heavy (non-hydrogen) atoms. The van der Waals surface area contributed by atoms with Gasteiger partial charge in [-0.05, 0) is 43.0 Å². The first kappa shape index (κ1) is 22.8. The standard InChI is InChI=1S/C25H23N5OS2/c1-18-8-12-21(13-9-18)30-24(20-6-4-3-5-7-20)28-29-25(30)33-17-23(31)27-26-16-19-10-14-22(32-2)15-11-19/h3-16H,17H2,1-2H3,(H,27,31). The Morgan fingerprint density at radius 1 is 1.00 bits per heavy atom. The number of hydrogen-bond donors (Lipinski definition) is 1. The summed E-state index contributed by atoms with van der Waals surface area (Å²) < 4.78 is 1.98. The number of amides is 1. The van der Waals surface area contributed by atoms with E-state index < -0.39 is 0 Å². The minimum Gasteiger partial charge on any atom is -0.272 e. The van der Waals surface area contributed by atoms with E-state index in [0.29, 0.717) is 5.16 Å². The van der Waals surface area contributed by atoms with Crippen molar-refractivity contribution in [1.29, 1.82) is 0 Å². The molecule has 166 valence electrons. The zero-order valence-corrected chi connectivity index (χ0v) is 19.9. The maximum Gasteiger partial charge on any atom is 0.250 e. The van der Waals surface area contributed by atoms with Crippen molar-refractivity contribution < 1.29 is 4.79 Å². The van der Waals surface area contributed by atoms with E-state index in [1.54, 1.807) is 18.0 Å². The van der Waals surface area contributed by atoms with Crippen molar-refractivity contribution in [3.63, 3.8) is 0 Å². The summed E-state index contributed by atoms with van der Waals surface area (Å²) in [5.41, 5.74) is 6.58. The van der Waals surface area contributed by atoms with E-state index in [0.717, 1.165) is 22.6 Å². The lowest BCUT2D eigenvalue weighted by Gasteiger charge is -2.10. The van der Waals surface area contributed by atoms with Crippen LogP contribution in [0.1, 0.15) is 11.1 Å². The number of hydrogen-bond acceptors (Lipinski definition) is 6. The minimum absolute atomic E-state index is 0.168. The molecule has 6 nitrogen and oxygen atoms in total. The fraction of sp³-hybridized carbons (Fsp3) is 0.120. The molecule has 1 amide bonds. The molecule has 0 aliphatic heterocycles. The van der Waals surface area contributed by atoms with Crippen LogP contribution < -0.4 is 5.43 Å². The molecule has 0 unspecified atom stereocenters. The van der Waals surface area contributed by atoms with Gasteiger partial charge in [0, 0.05) is 16.1 Å². The van der Waals surface area contributed by atoms with Crippen molar-refractivity contribution in [2.75, 3.05) is 12.0 Å². The van der Waals surface area contributed by atoms with E-state index in [9.17, 15) is 4.79 Å². The maximum atomic E-state index is 12.4. The monoisotopic (exact) mass is 473 g/mol. The quantitative estimate of drug-likeness (QED) is 0.216. The second-order valence-electron chi connectivity index (χ2n) is 7.20. The number of nitrogens with zero attached hydrogens (tertiary/aromatic N) is 4. The van der Waals surface area contributed by atoms with Crippen molar-refractivity contribution in [1.82, 2.24) is 20.2 Å². The Bertz CT molecular complexity index is 1240. The number of rotatable bonds is 8. The predicted molar refractivity (Wildman–Crippen MR) is 136 cm³/mol. The third kappa shape index (κ3) is 5.91. The van der Waals surface area contributed by atoms with Crippen LogP contribution in [-0.4, -0.2) is 38.9 Å². The van der Waals surface area contributed by atoms with Crippen LogP contribution in [0.25, 0.3) is 17.1 Å².